The Hall–Kier alpha value is -2.63. The van der Waals surface area contributed by atoms with E-state index in [1.54, 1.807) is 41.6 Å². The van der Waals surface area contributed by atoms with Crippen molar-refractivity contribution >= 4 is 12.0 Å². The summed E-state index contributed by atoms with van der Waals surface area (Å²) in [6.07, 6.45) is 7.20. The van der Waals surface area contributed by atoms with Crippen molar-refractivity contribution in [3.63, 3.8) is 0 Å². The normalized spacial score (nSPS) is 18.0. The first-order valence-electron chi connectivity index (χ1n) is 7.17. The van der Waals surface area contributed by atoms with Gasteiger partial charge in [0.05, 0.1) is 12.8 Å². The lowest BCUT2D eigenvalue weighted by Crippen LogP contribution is -2.29. The van der Waals surface area contributed by atoms with E-state index in [2.05, 4.69) is 9.97 Å². The van der Waals surface area contributed by atoms with Crippen molar-refractivity contribution in [1.82, 2.24) is 14.9 Å². The van der Waals surface area contributed by atoms with Gasteiger partial charge in [-0.15, -0.1) is 0 Å². The van der Waals surface area contributed by atoms with Gasteiger partial charge in [-0.2, -0.15) is 4.98 Å². The fourth-order valence-corrected chi connectivity index (χ4v) is 2.34. The molecule has 0 spiro atoms. The van der Waals surface area contributed by atoms with E-state index in [-0.39, 0.29) is 12.0 Å². The zero-order valence-corrected chi connectivity index (χ0v) is 12.3. The molecule has 1 aliphatic rings. The Labute approximate surface area is 128 Å². The molecule has 2 aromatic heterocycles. The number of aromatic nitrogens is 2. The molecule has 0 N–H and O–H groups in total. The molecule has 6 nitrogen and oxygen atoms in total. The average Bonchev–Trinajstić information content (AvgIpc) is 3.16. The van der Waals surface area contributed by atoms with Crippen LogP contribution in [0.3, 0.4) is 0 Å². The lowest BCUT2D eigenvalue weighted by molar-refractivity contribution is -0.125. The fourth-order valence-electron chi connectivity index (χ4n) is 2.34. The van der Waals surface area contributed by atoms with Gasteiger partial charge in [-0.1, -0.05) is 0 Å². The van der Waals surface area contributed by atoms with Crippen molar-refractivity contribution in [2.24, 2.45) is 0 Å². The average molecular weight is 299 g/mol. The van der Waals surface area contributed by atoms with Gasteiger partial charge in [-0.3, -0.25) is 4.79 Å². The Morgan fingerprint density at radius 1 is 1.50 bits per heavy atom. The van der Waals surface area contributed by atoms with E-state index in [1.807, 2.05) is 6.92 Å². The van der Waals surface area contributed by atoms with Gasteiger partial charge < -0.3 is 14.1 Å². The number of hydrogen-bond donors (Lipinski definition) is 0. The maximum atomic E-state index is 12.1. The van der Waals surface area contributed by atoms with Crippen LogP contribution in [0.15, 0.2) is 41.2 Å². The van der Waals surface area contributed by atoms with E-state index in [9.17, 15) is 4.79 Å². The van der Waals surface area contributed by atoms with Crippen LogP contribution < -0.4 is 4.74 Å². The molecule has 0 aliphatic carbocycles. The molecule has 2 aromatic rings. The van der Waals surface area contributed by atoms with Gasteiger partial charge in [-0.25, -0.2) is 4.98 Å². The number of furan rings is 1. The first-order valence-corrected chi connectivity index (χ1v) is 7.17. The Morgan fingerprint density at radius 2 is 2.41 bits per heavy atom. The monoisotopic (exact) mass is 299 g/mol. The van der Waals surface area contributed by atoms with E-state index in [4.69, 9.17) is 9.15 Å². The van der Waals surface area contributed by atoms with E-state index in [0.717, 1.165) is 6.42 Å². The third kappa shape index (κ3) is 3.52. The molecule has 1 amide bonds. The number of hydrogen-bond acceptors (Lipinski definition) is 5. The number of ether oxygens (including phenoxy) is 1. The van der Waals surface area contributed by atoms with Crippen molar-refractivity contribution in [2.45, 2.75) is 19.4 Å². The van der Waals surface area contributed by atoms with Crippen LogP contribution in [0.2, 0.25) is 0 Å². The summed E-state index contributed by atoms with van der Waals surface area (Å²) < 4.78 is 11.0. The molecule has 0 bridgehead atoms. The topological polar surface area (TPSA) is 68.5 Å². The van der Waals surface area contributed by atoms with E-state index >= 15 is 0 Å². The number of nitrogens with zero attached hydrogens (tertiary/aromatic N) is 3. The van der Waals surface area contributed by atoms with Crippen LogP contribution in [-0.2, 0) is 4.79 Å². The molecule has 0 unspecified atom stereocenters. The number of carbonyl (C=O) groups excluding carboxylic acids is 1. The van der Waals surface area contributed by atoms with Gasteiger partial charge in [0.2, 0.25) is 11.8 Å². The molecule has 3 rings (SSSR count). The molecular formula is C16H17N3O3. The molecule has 1 fully saturated rings. The van der Waals surface area contributed by atoms with Crippen LogP contribution in [0.25, 0.3) is 6.08 Å². The minimum atomic E-state index is -0.0404. The standard InChI is InChI=1S/C16H17N3O3/c1-12-17-8-6-15(18-12)22-14-7-9-19(11-14)16(20)5-4-13-3-2-10-21-13/h2-6,8,10,14H,7,9,11H2,1H3/b5-4+/t14-/m1/s1. The third-order valence-electron chi connectivity index (χ3n) is 3.43. The molecule has 1 atom stereocenters. The van der Waals surface area contributed by atoms with Gasteiger partial charge in [0.25, 0.3) is 0 Å². The summed E-state index contributed by atoms with van der Waals surface area (Å²) in [4.78, 5) is 22.1. The van der Waals surface area contributed by atoms with Crippen LogP contribution >= 0.6 is 0 Å². The third-order valence-corrected chi connectivity index (χ3v) is 3.43. The van der Waals surface area contributed by atoms with Crippen LogP contribution in [0.1, 0.15) is 18.0 Å². The Balaban J connectivity index is 1.54. The Kier molecular flexibility index (Phi) is 4.18. The van der Waals surface area contributed by atoms with Crippen LogP contribution in [0.5, 0.6) is 5.88 Å². The smallest absolute Gasteiger partial charge is 0.246 e. The maximum Gasteiger partial charge on any atom is 0.246 e. The number of aryl methyl sites for hydroxylation is 1. The zero-order valence-electron chi connectivity index (χ0n) is 12.3. The van der Waals surface area contributed by atoms with Crippen molar-refractivity contribution in [3.05, 3.63) is 48.3 Å². The maximum absolute atomic E-state index is 12.1. The van der Waals surface area contributed by atoms with Crippen LogP contribution in [0, 0.1) is 6.92 Å². The number of rotatable bonds is 4. The first kappa shape index (κ1) is 14.3. The molecule has 0 saturated carbocycles. The molecule has 3 heterocycles. The Bertz CT molecular complexity index is 667. The lowest BCUT2D eigenvalue weighted by atomic mass is 10.3. The first-order chi connectivity index (χ1) is 10.7. The summed E-state index contributed by atoms with van der Waals surface area (Å²) in [5.41, 5.74) is 0. The molecule has 22 heavy (non-hydrogen) atoms. The molecule has 1 saturated heterocycles. The summed E-state index contributed by atoms with van der Waals surface area (Å²) >= 11 is 0. The molecule has 0 radical (unpaired) electrons. The number of likely N-dealkylation sites (tertiary alicyclic amines) is 1. The number of carbonyl (C=O) groups is 1. The Morgan fingerprint density at radius 3 is 3.18 bits per heavy atom. The fraction of sp³-hybridized carbons (Fsp3) is 0.312. The zero-order chi connectivity index (χ0) is 15.4. The summed E-state index contributed by atoms with van der Waals surface area (Å²) in [6, 6.07) is 5.32. The van der Waals surface area contributed by atoms with Crippen LogP contribution in [-0.4, -0.2) is 40.0 Å². The van der Waals surface area contributed by atoms with Gasteiger partial charge in [0.1, 0.15) is 17.7 Å². The summed E-state index contributed by atoms with van der Waals surface area (Å²) in [6.45, 7) is 3.05. The van der Waals surface area contributed by atoms with E-state index < -0.39 is 0 Å². The van der Waals surface area contributed by atoms with E-state index in [0.29, 0.717) is 30.6 Å². The highest BCUT2D eigenvalue weighted by Gasteiger charge is 2.26. The molecule has 6 heteroatoms. The van der Waals surface area contributed by atoms with Crippen molar-refractivity contribution < 1.29 is 13.9 Å². The molecule has 0 aromatic carbocycles. The highest BCUT2D eigenvalue weighted by molar-refractivity contribution is 5.91. The minimum Gasteiger partial charge on any atom is -0.472 e. The molecule has 1 aliphatic heterocycles. The molecule has 114 valence electrons. The van der Waals surface area contributed by atoms with Gasteiger partial charge in [0, 0.05) is 31.3 Å². The summed E-state index contributed by atoms with van der Waals surface area (Å²) in [5, 5.41) is 0. The SMILES string of the molecule is Cc1nccc(O[C@@H]2CCN(C(=O)/C=C/c3ccco3)C2)n1. The summed E-state index contributed by atoms with van der Waals surface area (Å²) in [5.74, 6) is 1.85. The van der Waals surface area contributed by atoms with Crippen molar-refractivity contribution in [3.8, 4) is 5.88 Å². The second-order valence-corrected chi connectivity index (χ2v) is 5.10. The number of amides is 1. The van der Waals surface area contributed by atoms with Crippen molar-refractivity contribution in [1.29, 1.82) is 0 Å². The second kappa shape index (κ2) is 6.43. The minimum absolute atomic E-state index is 0.0322. The predicted molar refractivity (Wildman–Crippen MR) is 80.1 cm³/mol. The highest BCUT2D eigenvalue weighted by atomic mass is 16.5. The lowest BCUT2D eigenvalue weighted by Gasteiger charge is -2.15. The van der Waals surface area contributed by atoms with E-state index in [1.165, 1.54) is 6.08 Å². The summed E-state index contributed by atoms with van der Waals surface area (Å²) in [7, 11) is 0. The van der Waals surface area contributed by atoms with Gasteiger partial charge in [-0.05, 0) is 25.1 Å². The predicted octanol–water partition coefficient (Wildman–Crippen LogP) is 2.07. The molecular weight excluding hydrogens is 282 g/mol. The highest BCUT2D eigenvalue weighted by Crippen LogP contribution is 2.17. The van der Waals surface area contributed by atoms with Gasteiger partial charge >= 0.3 is 0 Å². The van der Waals surface area contributed by atoms with Gasteiger partial charge in [0.15, 0.2) is 0 Å². The van der Waals surface area contributed by atoms with Crippen LogP contribution in [0.4, 0.5) is 0 Å². The van der Waals surface area contributed by atoms with Crippen molar-refractivity contribution in [2.75, 3.05) is 13.1 Å². The largest absolute Gasteiger partial charge is 0.472 e. The second-order valence-electron chi connectivity index (χ2n) is 5.10. The quantitative estimate of drug-likeness (QED) is 0.808.